The number of carbonyl (C=O) groups excluding carboxylic acids is 2. The molecule has 25 heavy (non-hydrogen) atoms. The van der Waals surface area contributed by atoms with Crippen molar-refractivity contribution in [1.82, 2.24) is 10.2 Å². The molecule has 0 aromatic heterocycles. The Morgan fingerprint density at radius 1 is 1.20 bits per heavy atom. The van der Waals surface area contributed by atoms with E-state index in [0.29, 0.717) is 25.1 Å². The molecule has 1 aromatic carbocycles. The predicted octanol–water partition coefficient (Wildman–Crippen LogP) is 1.94. The molecule has 0 saturated carbocycles. The van der Waals surface area contributed by atoms with Crippen LogP contribution in [0.4, 0.5) is 5.69 Å². The molecule has 0 bridgehead atoms. The average Bonchev–Trinajstić information content (AvgIpc) is 2.64. The highest BCUT2D eigenvalue weighted by Gasteiger charge is 2.15. The van der Waals surface area contributed by atoms with E-state index in [-0.39, 0.29) is 18.4 Å². The fourth-order valence-electron chi connectivity index (χ4n) is 3.36. The van der Waals surface area contributed by atoms with Crippen molar-refractivity contribution in [3.63, 3.8) is 0 Å². The maximum Gasteiger partial charge on any atom is 0.257 e. The molecule has 6 nitrogen and oxygen atoms in total. The molecule has 3 rings (SSSR count). The van der Waals surface area contributed by atoms with Crippen molar-refractivity contribution in [3.05, 3.63) is 23.8 Å². The summed E-state index contributed by atoms with van der Waals surface area (Å²) in [6.07, 6.45) is 6.12. The molecule has 6 heteroatoms. The van der Waals surface area contributed by atoms with Gasteiger partial charge in [0.15, 0.2) is 6.61 Å². The number of amides is 2. The number of nitrogens with one attached hydrogen (secondary N) is 2. The summed E-state index contributed by atoms with van der Waals surface area (Å²) >= 11 is 0. The summed E-state index contributed by atoms with van der Waals surface area (Å²) < 4.78 is 5.57. The van der Waals surface area contributed by atoms with Gasteiger partial charge in [-0.2, -0.15) is 0 Å². The second-order valence-corrected chi connectivity index (χ2v) is 6.76. The first kappa shape index (κ1) is 17.7. The minimum atomic E-state index is -0.0929. The lowest BCUT2D eigenvalue weighted by molar-refractivity contribution is -0.123. The van der Waals surface area contributed by atoms with Crippen molar-refractivity contribution >= 4 is 17.5 Å². The highest BCUT2D eigenvalue weighted by Crippen LogP contribution is 2.26. The SMILES string of the molecule is O=C(COc1ccc2c(c1)CCC(=O)N2)NCCCN1CCCCC1. The first-order valence-corrected chi connectivity index (χ1v) is 9.25. The Morgan fingerprint density at radius 2 is 2.04 bits per heavy atom. The quantitative estimate of drug-likeness (QED) is 0.741. The normalized spacial score (nSPS) is 17.5. The second kappa shape index (κ2) is 8.85. The van der Waals surface area contributed by atoms with Crippen LogP contribution in [0.1, 0.15) is 37.7 Å². The molecule has 0 spiro atoms. The van der Waals surface area contributed by atoms with E-state index in [0.717, 1.165) is 24.2 Å². The highest BCUT2D eigenvalue weighted by molar-refractivity contribution is 5.94. The molecule has 1 fully saturated rings. The van der Waals surface area contributed by atoms with E-state index in [1.165, 1.54) is 32.4 Å². The lowest BCUT2D eigenvalue weighted by Gasteiger charge is -2.26. The minimum Gasteiger partial charge on any atom is -0.484 e. The topological polar surface area (TPSA) is 70.7 Å². The van der Waals surface area contributed by atoms with Crippen LogP contribution >= 0.6 is 0 Å². The number of carbonyl (C=O) groups is 2. The predicted molar refractivity (Wildman–Crippen MR) is 96.8 cm³/mol. The lowest BCUT2D eigenvalue weighted by atomic mass is 10.0. The van der Waals surface area contributed by atoms with E-state index in [9.17, 15) is 9.59 Å². The van der Waals surface area contributed by atoms with Crippen LogP contribution in [0.3, 0.4) is 0 Å². The third kappa shape index (κ3) is 5.46. The summed E-state index contributed by atoms with van der Waals surface area (Å²) in [5.41, 5.74) is 1.89. The van der Waals surface area contributed by atoms with Crippen LogP contribution in [-0.4, -0.2) is 49.5 Å². The van der Waals surface area contributed by atoms with Crippen LogP contribution < -0.4 is 15.4 Å². The molecular weight excluding hydrogens is 318 g/mol. The molecule has 2 aliphatic rings. The van der Waals surface area contributed by atoms with Gasteiger partial charge in [-0.05, 0) is 69.1 Å². The smallest absolute Gasteiger partial charge is 0.257 e. The molecule has 1 aromatic rings. The molecule has 2 N–H and O–H groups in total. The summed E-state index contributed by atoms with van der Waals surface area (Å²) in [4.78, 5) is 25.7. The number of piperidine rings is 1. The van der Waals surface area contributed by atoms with Gasteiger partial charge in [0.05, 0.1) is 0 Å². The Hall–Kier alpha value is -2.08. The number of likely N-dealkylation sites (tertiary alicyclic amines) is 1. The summed E-state index contributed by atoms with van der Waals surface area (Å²) in [6.45, 7) is 4.15. The maximum absolute atomic E-state index is 11.9. The molecule has 2 heterocycles. The third-order valence-corrected chi connectivity index (χ3v) is 4.76. The van der Waals surface area contributed by atoms with Gasteiger partial charge < -0.3 is 20.3 Å². The number of benzene rings is 1. The van der Waals surface area contributed by atoms with Gasteiger partial charge in [-0.1, -0.05) is 6.42 Å². The van der Waals surface area contributed by atoms with Crippen LogP contribution in [0.2, 0.25) is 0 Å². The van der Waals surface area contributed by atoms with Crippen molar-refractivity contribution in [3.8, 4) is 5.75 Å². The van der Waals surface area contributed by atoms with Crippen LogP contribution in [0, 0.1) is 0 Å². The Bertz CT molecular complexity index is 612. The summed E-state index contributed by atoms with van der Waals surface area (Å²) in [6, 6.07) is 5.52. The van der Waals surface area contributed by atoms with Crippen molar-refractivity contribution in [1.29, 1.82) is 0 Å². The molecule has 0 atom stereocenters. The molecule has 2 aliphatic heterocycles. The number of nitrogens with zero attached hydrogens (tertiary/aromatic N) is 1. The van der Waals surface area contributed by atoms with Gasteiger partial charge in [-0.15, -0.1) is 0 Å². The van der Waals surface area contributed by atoms with E-state index >= 15 is 0 Å². The standard InChI is InChI=1S/C19H27N3O3/c23-18-8-5-15-13-16(6-7-17(15)21-18)25-14-19(24)20-9-4-12-22-10-2-1-3-11-22/h6-7,13H,1-5,8-12,14H2,(H,20,24)(H,21,23). The number of fused-ring (bicyclic) bond motifs is 1. The zero-order valence-electron chi connectivity index (χ0n) is 14.7. The maximum atomic E-state index is 11.9. The molecule has 2 amide bonds. The van der Waals surface area contributed by atoms with Gasteiger partial charge >= 0.3 is 0 Å². The molecule has 0 aliphatic carbocycles. The van der Waals surface area contributed by atoms with Crippen molar-refractivity contribution in [2.75, 3.05) is 38.1 Å². The number of anilines is 1. The van der Waals surface area contributed by atoms with Crippen molar-refractivity contribution in [2.24, 2.45) is 0 Å². The zero-order chi connectivity index (χ0) is 17.5. The molecule has 0 unspecified atom stereocenters. The van der Waals surface area contributed by atoms with Gasteiger partial charge in [0.1, 0.15) is 5.75 Å². The molecular formula is C19H27N3O3. The van der Waals surface area contributed by atoms with Crippen LogP contribution in [0.5, 0.6) is 5.75 Å². The van der Waals surface area contributed by atoms with Gasteiger partial charge in [0.25, 0.3) is 5.91 Å². The number of hydrogen-bond donors (Lipinski definition) is 2. The van der Waals surface area contributed by atoms with Gasteiger partial charge in [0.2, 0.25) is 5.91 Å². The summed E-state index contributed by atoms with van der Waals surface area (Å²) in [5, 5.41) is 5.75. The Labute approximate surface area is 148 Å². The van der Waals surface area contributed by atoms with Crippen molar-refractivity contribution < 1.29 is 14.3 Å². The first-order valence-electron chi connectivity index (χ1n) is 9.25. The Balaban J connectivity index is 1.34. The molecule has 136 valence electrons. The average molecular weight is 345 g/mol. The Kier molecular flexibility index (Phi) is 6.28. The third-order valence-electron chi connectivity index (χ3n) is 4.76. The summed E-state index contributed by atoms with van der Waals surface area (Å²) in [5.74, 6) is 0.619. The van der Waals surface area contributed by atoms with E-state index in [1.807, 2.05) is 12.1 Å². The monoisotopic (exact) mass is 345 g/mol. The van der Waals surface area contributed by atoms with E-state index in [1.54, 1.807) is 6.07 Å². The van der Waals surface area contributed by atoms with Gasteiger partial charge in [-0.25, -0.2) is 0 Å². The molecule has 0 radical (unpaired) electrons. The molecule has 1 saturated heterocycles. The van der Waals surface area contributed by atoms with Crippen LogP contribution in [-0.2, 0) is 16.0 Å². The largest absolute Gasteiger partial charge is 0.484 e. The van der Waals surface area contributed by atoms with E-state index in [4.69, 9.17) is 4.74 Å². The minimum absolute atomic E-state index is 0.0227. The first-order chi connectivity index (χ1) is 12.2. The van der Waals surface area contributed by atoms with E-state index < -0.39 is 0 Å². The lowest BCUT2D eigenvalue weighted by Crippen LogP contribution is -2.34. The zero-order valence-corrected chi connectivity index (χ0v) is 14.7. The number of aryl methyl sites for hydroxylation is 1. The van der Waals surface area contributed by atoms with Gasteiger partial charge in [0, 0.05) is 18.7 Å². The number of rotatable bonds is 7. The fraction of sp³-hybridized carbons (Fsp3) is 0.579. The highest BCUT2D eigenvalue weighted by atomic mass is 16.5. The van der Waals surface area contributed by atoms with E-state index in [2.05, 4.69) is 15.5 Å². The number of ether oxygens (including phenoxy) is 1. The van der Waals surface area contributed by atoms with Crippen molar-refractivity contribution in [2.45, 2.75) is 38.5 Å². The number of hydrogen-bond acceptors (Lipinski definition) is 4. The second-order valence-electron chi connectivity index (χ2n) is 6.76. The Morgan fingerprint density at radius 3 is 2.88 bits per heavy atom. The fourth-order valence-corrected chi connectivity index (χ4v) is 3.36. The summed E-state index contributed by atoms with van der Waals surface area (Å²) in [7, 11) is 0. The van der Waals surface area contributed by atoms with Crippen LogP contribution in [0.25, 0.3) is 0 Å². The van der Waals surface area contributed by atoms with Gasteiger partial charge in [-0.3, -0.25) is 9.59 Å². The van der Waals surface area contributed by atoms with Crippen LogP contribution in [0.15, 0.2) is 18.2 Å².